The summed E-state index contributed by atoms with van der Waals surface area (Å²) in [7, 11) is 0. The van der Waals surface area contributed by atoms with E-state index >= 15 is 0 Å². The van der Waals surface area contributed by atoms with E-state index < -0.39 is 18.0 Å². The summed E-state index contributed by atoms with van der Waals surface area (Å²) in [6, 6.07) is 20.5. The second-order valence-electron chi connectivity index (χ2n) is 12.4. The molecule has 12 heteroatoms. The van der Waals surface area contributed by atoms with Crippen LogP contribution in [0.3, 0.4) is 0 Å². The third-order valence-electron chi connectivity index (χ3n) is 10.2. The molecule has 0 spiro atoms. The van der Waals surface area contributed by atoms with E-state index in [1.165, 1.54) is 33.4 Å². The molecule has 0 fully saturated rings. The fourth-order valence-corrected chi connectivity index (χ4v) is 14.7. The highest BCUT2D eigenvalue weighted by Crippen LogP contribution is 2.79. The minimum absolute atomic E-state index is 0.200. The van der Waals surface area contributed by atoms with Crippen LogP contribution in [0.5, 0.6) is 0 Å². The van der Waals surface area contributed by atoms with Crippen molar-refractivity contribution in [2.24, 2.45) is 5.92 Å². The van der Waals surface area contributed by atoms with Gasteiger partial charge in [0.2, 0.25) is 0 Å². The molecule has 0 aromatic heterocycles. The van der Waals surface area contributed by atoms with Gasteiger partial charge in [0.25, 0.3) is 0 Å². The van der Waals surface area contributed by atoms with Gasteiger partial charge in [0.1, 0.15) is 0 Å². The third kappa shape index (κ3) is 5.74. The van der Waals surface area contributed by atoms with E-state index in [1.54, 1.807) is 0 Å². The van der Waals surface area contributed by atoms with E-state index in [4.69, 9.17) is 99.7 Å². The first-order chi connectivity index (χ1) is 20.2. The molecule has 0 saturated carbocycles. The van der Waals surface area contributed by atoms with Gasteiger partial charge in [0.15, 0.2) is 0 Å². The number of rotatable bonds is 12. The summed E-state index contributed by atoms with van der Waals surface area (Å²) in [6.45, 7) is 0. The Bertz CT molecular complexity index is 1260. The van der Waals surface area contributed by atoms with Crippen molar-refractivity contribution in [2.45, 2.75) is 72.9 Å². The SMILES string of the molecule is Cl[Si](Cl)(Cl)CCCC12c3ccccc3C3(CCC[Si](Cl)(Cl)Cl)c4ccccc4C(CCC[Si](Cl)(Cl)Cl)(c4ccccc41)C23. The van der Waals surface area contributed by atoms with Crippen molar-refractivity contribution >= 4 is 118 Å². The van der Waals surface area contributed by atoms with Crippen LogP contribution in [-0.2, 0) is 16.2 Å². The van der Waals surface area contributed by atoms with E-state index in [1.807, 2.05) is 0 Å². The molecular formula is C31H31Cl9Si3. The smallest absolute Gasteiger partial charge is 0.126 e. The van der Waals surface area contributed by atoms with Crippen molar-refractivity contribution in [1.29, 1.82) is 0 Å². The summed E-state index contributed by atoms with van der Waals surface area (Å²) in [5.41, 5.74) is 7.50. The van der Waals surface area contributed by atoms with E-state index in [2.05, 4.69) is 72.8 Å². The van der Waals surface area contributed by atoms with E-state index in [0.717, 1.165) is 38.5 Å². The van der Waals surface area contributed by atoms with Crippen molar-refractivity contribution in [3.8, 4) is 0 Å². The molecule has 0 heterocycles. The average Bonchev–Trinajstić information content (AvgIpc) is 3.43. The minimum atomic E-state index is -2.83. The lowest BCUT2D eigenvalue weighted by atomic mass is 9.58. The van der Waals surface area contributed by atoms with Crippen LogP contribution in [-0.4, -0.2) is 18.0 Å². The van der Waals surface area contributed by atoms with E-state index in [0.29, 0.717) is 18.1 Å². The second kappa shape index (κ2) is 12.1. The molecular weight excluding hydrogens is 776 g/mol. The quantitative estimate of drug-likeness (QED) is 0.126. The van der Waals surface area contributed by atoms with Gasteiger partial charge in [-0.1, -0.05) is 92.1 Å². The van der Waals surface area contributed by atoms with Crippen LogP contribution in [0, 0.1) is 5.92 Å². The Labute approximate surface area is 299 Å². The van der Waals surface area contributed by atoms with Crippen LogP contribution < -0.4 is 0 Å². The van der Waals surface area contributed by atoms with Gasteiger partial charge in [0.05, 0.1) is 0 Å². The summed E-state index contributed by atoms with van der Waals surface area (Å²) in [5.74, 6) is 0.200. The van der Waals surface area contributed by atoms with Crippen molar-refractivity contribution < 1.29 is 0 Å². The molecule has 0 atom stereocenters. The highest BCUT2D eigenvalue weighted by Gasteiger charge is 2.75. The largest absolute Gasteiger partial charge is 0.341 e. The summed E-state index contributed by atoms with van der Waals surface area (Å²) < 4.78 is 0. The number of halogens is 9. The molecule has 3 aliphatic rings. The van der Waals surface area contributed by atoms with Crippen LogP contribution in [0.2, 0.25) is 18.1 Å². The van der Waals surface area contributed by atoms with Crippen LogP contribution in [0.15, 0.2) is 72.8 Å². The molecule has 3 aromatic carbocycles. The number of hydrogen-bond acceptors (Lipinski definition) is 0. The predicted octanol–water partition coefficient (Wildman–Crippen LogP) is 12.8. The Morgan fingerprint density at radius 2 is 0.605 bits per heavy atom. The topological polar surface area (TPSA) is 0 Å². The Morgan fingerprint density at radius 3 is 0.791 bits per heavy atom. The molecule has 230 valence electrons. The zero-order valence-corrected chi connectivity index (χ0v) is 33.1. The first-order valence-electron chi connectivity index (χ1n) is 14.7. The van der Waals surface area contributed by atoms with Gasteiger partial charge in [-0.2, -0.15) is 0 Å². The highest BCUT2D eigenvalue weighted by atomic mass is 35.9. The van der Waals surface area contributed by atoms with E-state index in [-0.39, 0.29) is 22.2 Å². The molecule has 3 aromatic rings. The van der Waals surface area contributed by atoms with Crippen LogP contribution in [0.1, 0.15) is 71.9 Å². The lowest BCUT2D eigenvalue weighted by Crippen LogP contribution is -2.44. The van der Waals surface area contributed by atoms with Gasteiger partial charge in [-0.25, -0.2) is 0 Å². The Kier molecular flexibility index (Phi) is 9.52. The summed E-state index contributed by atoms with van der Waals surface area (Å²) in [6.07, 6.45) is 5.15. The van der Waals surface area contributed by atoms with Crippen molar-refractivity contribution in [3.05, 3.63) is 106 Å². The molecule has 0 unspecified atom stereocenters. The maximum absolute atomic E-state index is 6.48. The lowest BCUT2D eigenvalue weighted by Gasteiger charge is -2.43. The molecule has 0 N–H and O–H groups in total. The maximum atomic E-state index is 6.48. The van der Waals surface area contributed by atoms with Gasteiger partial charge in [-0.05, 0) is 70.8 Å². The molecule has 0 nitrogen and oxygen atoms in total. The zero-order chi connectivity index (χ0) is 30.9. The van der Waals surface area contributed by atoms with Gasteiger partial charge in [0, 0.05) is 22.2 Å². The molecule has 43 heavy (non-hydrogen) atoms. The van der Waals surface area contributed by atoms with E-state index in [9.17, 15) is 0 Å². The fourth-order valence-electron chi connectivity index (χ4n) is 9.36. The van der Waals surface area contributed by atoms with Crippen molar-refractivity contribution in [1.82, 2.24) is 0 Å². The summed E-state index contributed by atoms with van der Waals surface area (Å²) in [5, 5.41) is 0. The molecule has 0 amide bonds. The summed E-state index contributed by atoms with van der Waals surface area (Å²) in [4.78, 5) is 0. The van der Waals surface area contributed by atoms with Gasteiger partial charge < -0.3 is 0 Å². The zero-order valence-electron chi connectivity index (χ0n) is 23.3. The number of benzene rings is 3. The van der Waals surface area contributed by atoms with Gasteiger partial charge in [-0.3, -0.25) is 0 Å². The molecule has 0 aliphatic heterocycles. The maximum Gasteiger partial charge on any atom is 0.341 e. The molecule has 6 rings (SSSR count). The summed E-state index contributed by atoms with van der Waals surface area (Å²) >= 11 is 58.3. The van der Waals surface area contributed by atoms with Crippen LogP contribution in [0.25, 0.3) is 0 Å². The Hall–Kier alpha value is 0.921. The Balaban J connectivity index is 1.64. The number of hydrogen-bond donors (Lipinski definition) is 0. The van der Waals surface area contributed by atoms with Crippen molar-refractivity contribution in [3.63, 3.8) is 0 Å². The monoisotopic (exact) mass is 802 g/mol. The van der Waals surface area contributed by atoms with Crippen molar-refractivity contribution in [2.75, 3.05) is 0 Å². The van der Waals surface area contributed by atoms with Gasteiger partial charge >= 0.3 is 18.0 Å². The number of fused-ring (bicyclic) bond motifs is 9. The normalized spacial score (nSPS) is 27.1. The first-order valence-corrected chi connectivity index (χ1v) is 30.4. The van der Waals surface area contributed by atoms with Crippen LogP contribution in [0.4, 0.5) is 0 Å². The lowest BCUT2D eigenvalue weighted by molar-refractivity contribution is 0.180. The molecule has 0 bridgehead atoms. The predicted molar refractivity (Wildman–Crippen MR) is 197 cm³/mol. The third-order valence-corrected chi connectivity index (χ3v) is 18.1. The fraction of sp³-hybridized carbons (Fsp3) is 0.419. The standard InChI is InChI=1S/C31H31Cl9Si3/c32-41(33,34)19-7-16-29-22-10-1-2-11-23(22)30(17-8-20-42(35,36)37)26-14-5-6-15-27(26)31(28(29)30,18-9-21-43(38,39)40)25-13-4-3-12-24(25)29/h1-6,10-15,28H,7-9,16-21H2. The molecule has 3 aliphatic carbocycles. The average molecular weight is 807 g/mol. The highest BCUT2D eigenvalue weighted by molar-refractivity contribution is 7.65. The second-order valence-corrected chi connectivity index (χ2v) is 40.2. The molecule has 0 saturated heterocycles. The Morgan fingerprint density at radius 1 is 0.395 bits per heavy atom. The van der Waals surface area contributed by atoms with Crippen LogP contribution >= 0.6 is 99.7 Å². The molecule has 0 radical (unpaired) electrons. The first kappa shape index (κ1) is 33.8. The minimum Gasteiger partial charge on any atom is -0.126 e. The van der Waals surface area contributed by atoms with Gasteiger partial charge in [-0.15, -0.1) is 99.7 Å².